The maximum absolute atomic E-state index is 12.9. The number of carbonyl (C=O) groups is 3. The van der Waals surface area contributed by atoms with E-state index in [0.29, 0.717) is 24.4 Å². The highest BCUT2D eigenvalue weighted by atomic mass is 35.5. The number of cyclic esters (lactones) is 1. The van der Waals surface area contributed by atoms with Crippen molar-refractivity contribution in [2.75, 3.05) is 6.54 Å². The Kier molecular flexibility index (Phi) is 8.87. The Balaban J connectivity index is 1.62. The maximum atomic E-state index is 12.9. The third kappa shape index (κ3) is 7.54. The zero-order valence-corrected chi connectivity index (χ0v) is 18.5. The van der Waals surface area contributed by atoms with Gasteiger partial charge in [0.15, 0.2) is 0 Å². The number of allylic oxidation sites excluding steroid dienone is 2. The minimum Gasteiger partial charge on any atom is -0.456 e. The summed E-state index contributed by atoms with van der Waals surface area (Å²) in [5.74, 6) is -1.26. The van der Waals surface area contributed by atoms with Gasteiger partial charge in [0.25, 0.3) is 0 Å². The molecule has 0 aliphatic carbocycles. The van der Waals surface area contributed by atoms with Gasteiger partial charge in [-0.1, -0.05) is 66.2 Å². The number of rotatable bonds is 5. The van der Waals surface area contributed by atoms with Gasteiger partial charge >= 0.3 is 5.97 Å². The topological polar surface area (TPSA) is 84.5 Å². The van der Waals surface area contributed by atoms with E-state index >= 15 is 0 Å². The van der Waals surface area contributed by atoms with Crippen molar-refractivity contribution in [2.24, 2.45) is 5.92 Å². The summed E-state index contributed by atoms with van der Waals surface area (Å²) in [4.78, 5) is 37.5. The fourth-order valence-corrected chi connectivity index (χ4v) is 3.54. The highest BCUT2D eigenvalue weighted by molar-refractivity contribution is 6.30. The van der Waals surface area contributed by atoms with Gasteiger partial charge in [-0.2, -0.15) is 0 Å². The lowest BCUT2D eigenvalue weighted by Gasteiger charge is -2.21. The number of hydrogen-bond donors (Lipinski definition) is 2. The average molecular weight is 455 g/mol. The second-order valence-electron chi connectivity index (χ2n) is 7.68. The number of benzene rings is 2. The van der Waals surface area contributed by atoms with Crippen LogP contribution in [0, 0.1) is 5.92 Å². The van der Waals surface area contributed by atoms with E-state index in [2.05, 4.69) is 10.6 Å². The summed E-state index contributed by atoms with van der Waals surface area (Å²) in [6.45, 7) is 0.521. The molecular weight excluding hydrogens is 428 g/mol. The van der Waals surface area contributed by atoms with Gasteiger partial charge in [0.2, 0.25) is 11.8 Å². The van der Waals surface area contributed by atoms with Crippen LogP contribution in [-0.2, 0) is 25.7 Å². The van der Waals surface area contributed by atoms with Gasteiger partial charge in [0.05, 0.1) is 12.5 Å². The van der Waals surface area contributed by atoms with Crippen molar-refractivity contribution < 1.29 is 19.1 Å². The summed E-state index contributed by atoms with van der Waals surface area (Å²) in [6, 6.07) is 16.5. The number of amides is 2. The molecule has 3 rings (SSSR count). The van der Waals surface area contributed by atoms with Gasteiger partial charge in [-0.15, -0.1) is 0 Å². The molecule has 0 saturated heterocycles. The third-order valence-electron chi connectivity index (χ3n) is 5.21. The molecule has 2 aromatic rings. The Bertz CT molecular complexity index is 944. The quantitative estimate of drug-likeness (QED) is 0.526. The molecular formula is C25H27ClN2O4. The van der Waals surface area contributed by atoms with E-state index in [1.54, 1.807) is 12.1 Å². The molecule has 2 N–H and O–H groups in total. The predicted molar refractivity (Wildman–Crippen MR) is 123 cm³/mol. The van der Waals surface area contributed by atoms with E-state index in [1.807, 2.05) is 54.6 Å². The SMILES string of the molecule is O=C(C[C@H]1CC=CCCC(=O)O[C@@H](c2ccccc2)CNC1=O)NCc1ccc(Cl)cc1. The lowest BCUT2D eigenvalue weighted by molar-refractivity contribution is -0.150. The lowest BCUT2D eigenvalue weighted by Crippen LogP contribution is -2.37. The van der Waals surface area contributed by atoms with E-state index in [-0.39, 0.29) is 37.2 Å². The van der Waals surface area contributed by atoms with Gasteiger partial charge in [-0.3, -0.25) is 14.4 Å². The first-order valence-corrected chi connectivity index (χ1v) is 11.1. The first-order valence-electron chi connectivity index (χ1n) is 10.7. The van der Waals surface area contributed by atoms with Crippen molar-refractivity contribution in [1.29, 1.82) is 0 Å². The van der Waals surface area contributed by atoms with Crippen molar-refractivity contribution in [3.05, 3.63) is 82.9 Å². The van der Waals surface area contributed by atoms with Crippen LogP contribution in [0.2, 0.25) is 5.02 Å². The van der Waals surface area contributed by atoms with Gasteiger partial charge < -0.3 is 15.4 Å². The van der Waals surface area contributed by atoms with Crippen LogP contribution in [0.3, 0.4) is 0 Å². The van der Waals surface area contributed by atoms with Crippen LogP contribution in [-0.4, -0.2) is 24.3 Å². The van der Waals surface area contributed by atoms with E-state index in [9.17, 15) is 14.4 Å². The number of carbonyl (C=O) groups excluding carboxylic acids is 3. The third-order valence-corrected chi connectivity index (χ3v) is 5.47. The smallest absolute Gasteiger partial charge is 0.306 e. The fraction of sp³-hybridized carbons (Fsp3) is 0.320. The lowest BCUT2D eigenvalue weighted by atomic mass is 9.98. The van der Waals surface area contributed by atoms with Crippen LogP contribution in [0.1, 0.15) is 42.9 Å². The molecule has 1 aliphatic heterocycles. The Hall–Kier alpha value is -3.12. The Morgan fingerprint density at radius 3 is 2.56 bits per heavy atom. The van der Waals surface area contributed by atoms with Gasteiger partial charge in [-0.25, -0.2) is 0 Å². The van der Waals surface area contributed by atoms with E-state index in [4.69, 9.17) is 16.3 Å². The number of nitrogens with one attached hydrogen (secondary N) is 2. The summed E-state index contributed by atoms with van der Waals surface area (Å²) in [5, 5.41) is 6.35. The van der Waals surface area contributed by atoms with Crippen LogP contribution < -0.4 is 10.6 Å². The van der Waals surface area contributed by atoms with Crippen molar-refractivity contribution in [1.82, 2.24) is 10.6 Å². The molecule has 0 saturated carbocycles. The average Bonchev–Trinajstić information content (AvgIpc) is 2.80. The zero-order valence-electron chi connectivity index (χ0n) is 17.8. The molecule has 2 aromatic carbocycles. The summed E-state index contributed by atoms with van der Waals surface area (Å²) in [6.07, 6.45) is 4.41. The Morgan fingerprint density at radius 2 is 1.81 bits per heavy atom. The summed E-state index contributed by atoms with van der Waals surface area (Å²) in [5.41, 5.74) is 1.74. The molecule has 0 fully saturated rings. The minimum atomic E-state index is -0.574. The molecule has 0 aromatic heterocycles. The number of hydrogen-bond acceptors (Lipinski definition) is 4. The van der Waals surface area contributed by atoms with Gasteiger partial charge in [0.1, 0.15) is 6.10 Å². The minimum absolute atomic E-state index is 0.0690. The first kappa shape index (κ1) is 23.5. The Labute approximate surface area is 193 Å². The fourth-order valence-electron chi connectivity index (χ4n) is 3.41. The zero-order chi connectivity index (χ0) is 22.8. The van der Waals surface area contributed by atoms with Crippen molar-refractivity contribution >= 4 is 29.4 Å². The van der Waals surface area contributed by atoms with Gasteiger partial charge in [-0.05, 0) is 36.1 Å². The normalized spacial score (nSPS) is 19.8. The number of ether oxygens (including phenoxy) is 1. The second kappa shape index (κ2) is 12.1. The molecule has 6 nitrogen and oxygen atoms in total. The highest BCUT2D eigenvalue weighted by Gasteiger charge is 2.24. The van der Waals surface area contributed by atoms with E-state index < -0.39 is 12.0 Å². The molecule has 32 heavy (non-hydrogen) atoms. The molecule has 2 amide bonds. The first-order chi connectivity index (χ1) is 15.5. The largest absolute Gasteiger partial charge is 0.456 e. The molecule has 1 heterocycles. The molecule has 0 spiro atoms. The summed E-state index contributed by atoms with van der Waals surface area (Å²) < 4.78 is 5.59. The molecule has 7 heteroatoms. The van der Waals surface area contributed by atoms with Crippen LogP contribution in [0.25, 0.3) is 0 Å². The monoisotopic (exact) mass is 454 g/mol. The molecule has 0 bridgehead atoms. The maximum Gasteiger partial charge on any atom is 0.306 e. The highest BCUT2D eigenvalue weighted by Crippen LogP contribution is 2.19. The number of halogens is 1. The standard InChI is InChI=1S/C25H27ClN2O4/c26-21-13-11-18(12-14-21)16-27-23(29)15-20-9-5-2-6-10-24(30)32-22(17-28-25(20)31)19-7-3-1-4-8-19/h1-5,7-8,11-14,20,22H,6,9-10,15-17H2,(H,27,29)(H,28,31)/t20-,22-/m1/s1. The van der Waals surface area contributed by atoms with Gasteiger partial charge in [0, 0.05) is 24.4 Å². The van der Waals surface area contributed by atoms with Crippen molar-refractivity contribution in [3.63, 3.8) is 0 Å². The Morgan fingerprint density at radius 1 is 1.06 bits per heavy atom. The molecule has 168 valence electrons. The summed E-state index contributed by atoms with van der Waals surface area (Å²) >= 11 is 5.89. The van der Waals surface area contributed by atoms with E-state index in [1.165, 1.54) is 0 Å². The van der Waals surface area contributed by atoms with Crippen molar-refractivity contribution in [3.8, 4) is 0 Å². The van der Waals surface area contributed by atoms with Crippen molar-refractivity contribution in [2.45, 2.75) is 38.3 Å². The number of esters is 1. The second-order valence-corrected chi connectivity index (χ2v) is 8.12. The van der Waals surface area contributed by atoms with Crippen LogP contribution >= 0.6 is 11.6 Å². The van der Waals surface area contributed by atoms with Crippen LogP contribution in [0.15, 0.2) is 66.7 Å². The van der Waals surface area contributed by atoms with E-state index in [0.717, 1.165) is 11.1 Å². The predicted octanol–water partition coefficient (Wildman–Crippen LogP) is 4.10. The summed E-state index contributed by atoms with van der Waals surface area (Å²) in [7, 11) is 0. The molecule has 0 radical (unpaired) electrons. The van der Waals surface area contributed by atoms with Crippen LogP contribution in [0.4, 0.5) is 0 Å². The molecule has 2 atom stereocenters. The molecule has 1 aliphatic rings. The van der Waals surface area contributed by atoms with Crippen LogP contribution in [0.5, 0.6) is 0 Å². The molecule has 0 unspecified atom stereocenters.